The van der Waals surface area contributed by atoms with Crippen LogP contribution in [0.25, 0.3) is 0 Å². The molecule has 0 spiro atoms. The van der Waals surface area contributed by atoms with Gasteiger partial charge < -0.3 is 19.7 Å². The lowest BCUT2D eigenvalue weighted by Crippen LogP contribution is -2.46. The largest absolute Gasteiger partial charge is 0.495 e. The van der Waals surface area contributed by atoms with Crippen LogP contribution in [0.15, 0.2) is 16.6 Å². The second kappa shape index (κ2) is 9.26. The van der Waals surface area contributed by atoms with Gasteiger partial charge in [0, 0.05) is 31.1 Å². The maximum Gasteiger partial charge on any atom is 0.251 e. The van der Waals surface area contributed by atoms with Crippen molar-refractivity contribution in [3.63, 3.8) is 0 Å². The number of ether oxygens (including phenoxy) is 2. The number of piperidine rings is 1. The van der Waals surface area contributed by atoms with Crippen LogP contribution in [0.4, 0.5) is 0 Å². The van der Waals surface area contributed by atoms with Crippen molar-refractivity contribution in [2.24, 2.45) is 5.92 Å². The third-order valence-corrected chi connectivity index (χ3v) is 5.26. The van der Waals surface area contributed by atoms with Crippen molar-refractivity contribution in [2.75, 3.05) is 27.3 Å². The van der Waals surface area contributed by atoms with E-state index in [9.17, 15) is 9.59 Å². The zero-order valence-electron chi connectivity index (χ0n) is 15.8. The molecule has 0 bridgehead atoms. The minimum atomic E-state index is -0.166. The van der Waals surface area contributed by atoms with E-state index >= 15 is 0 Å². The molecule has 2 amide bonds. The summed E-state index contributed by atoms with van der Waals surface area (Å²) >= 11 is 3.40. The van der Waals surface area contributed by atoms with E-state index in [1.807, 2.05) is 18.7 Å². The zero-order valence-corrected chi connectivity index (χ0v) is 17.4. The lowest BCUT2D eigenvalue weighted by molar-refractivity contribution is -0.133. The fourth-order valence-corrected chi connectivity index (χ4v) is 3.57. The van der Waals surface area contributed by atoms with Gasteiger partial charge in [-0.1, -0.05) is 13.8 Å². The van der Waals surface area contributed by atoms with Crippen LogP contribution in [0.3, 0.4) is 0 Å². The van der Waals surface area contributed by atoms with Crippen LogP contribution in [-0.2, 0) is 4.79 Å². The number of hydrogen-bond acceptors (Lipinski definition) is 4. The van der Waals surface area contributed by atoms with Crippen LogP contribution in [0.1, 0.15) is 43.5 Å². The summed E-state index contributed by atoms with van der Waals surface area (Å²) in [7, 11) is 3.09. The summed E-state index contributed by atoms with van der Waals surface area (Å²) in [5.74, 6) is 1.49. The van der Waals surface area contributed by atoms with Gasteiger partial charge in [-0.2, -0.15) is 0 Å². The number of carbonyl (C=O) groups excluding carboxylic acids is 2. The van der Waals surface area contributed by atoms with E-state index in [2.05, 4.69) is 21.2 Å². The summed E-state index contributed by atoms with van der Waals surface area (Å²) in [6, 6.07) is 3.43. The number of amides is 2. The molecule has 6 nitrogen and oxygen atoms in total. The van der Waals surface area contributed by atoms with Crippen LogP contribution in [0.5, 0.6) is 11.5 Å². The molecule has 1 aromatic rings. The van der Waals surface area contributed by atoms with E-state index in [0.29, 0.717) is 47.0 Å². The number of likely N-dealkylation sites (tertiary alicyclic amines) is 1. The molecule has 0 atom stereocenters. The first kappa shape index (κ1) is 20.6. The second-order valence-corrected chi connectivity index (χ2v) is 7.71. The molecule has 26 heavy (non-hydrogen) atoms. The lowest BCUT2D eigenvalue weighted by Gasteiger charge is -2.33. The molecule has 144 valence electrons. The van der Waals surface area contributed by atoms with Crippen molar-refractivity contribution in [3.05, 3.63) is 22.2 Å². The average Bonchev–Trinajstić information content (AvgIpc) is 2.61. The van der Waals surface area contributed by atoms with Gasteiger partial charge in [-0.15, -0.1) is 0 Å². The molecule has 1 fully saturated rings. The monoisotopic (exact) mass is 426 g/mol. The summed E-state index contributed by atoms with van der Waals surface area (Å²) in [6.45, 7) is 5.46. The van der Waals surface area contributed by atoms with E-state index in [0.717, 1.165) is 12.8 Å². The number of nitrogens with one attached hydrogen (secondary N) is 1. The first-order valence-electron chi connectivity index (χ1n) is 8.85. The van der Waals surface area contributed by atoms with Crippen molar-refractivity contribution in [1.29, 1.82) is 0 Å². The van der Waals surface area contributed by atoms with Gasteiger partial charge in [-0.3, -0.25) is 9.59 Å². The fourth-order valence-electron chi connectivity index (χ4n) is 3.02. The summed E-state index contributed by atoms with van der Waals surface area (Å²) < 4.78 is 11.3. The molecular formula is C19H27BrN2O4. The molecule has 2 rings (SSSR count). The highest BCUT2D eigenvalue weighted by Crippen LogP contribution is 2.35. The first-order valence-corrected chi connectivity index (χ1v) is 9.65. The third kappa shape index (κ3) is 5.13. The number of benzene rings is 1. The van der Waals surface area contributed by atoms with Crippen LogP contribution in [-0.4, -0.2) is 50.1 Å². The predicted molar refractivity (Wildman–Crippen MR) is 104 cm³/mol. The van der Waals surface area contributed by atoms with Gasteiger partial charge in [0.1, 0.15) is 16.0 Å². The molecule has 0 unspecified atom stereocenters. The van der Waals surface area contributed by atoms with Crippen LogP contribution in [0.2, 0.25) is 0 Å². The first-order chi connectivity index (χ1) is 12.3. The minimum absolute atomic E-state index is 0.0613. The fraction of sp³-hybridized carbons (Fsp3) is 0.579. The molecule has 1 saturated heterocycles. The maximum absolute atomic E-state index is 12.6. The molecule has 1 aliphatic rings. The number of halogens is 1. The van der Waals surface area contributed by atoms with Gasteiger partial charge >= 0.3 is 0 Å². The Bertz CT molecular complexity index is 630. The van der Waals surface area contributed by atoms with E-state index in [1.54, 1.807) is 26.4 Å². The molecule has 1 aromatic carbocycles. The predicted octanol–water partition coefficient (Wildman–Crippen LogP) is 3.23. The average molecular weight is 427 g/mol. The number of nitrogens with zero attached hydrogens (tertiary/aromatic N) is 1. The summed E-state index contributed by atoms with van der Waals surface area (Å²) in [5.41, 5.74) is 0.486. The normalized spacial score (nSPS) is 15.1. The number of hydrogen-bond donors (Lipinski definition) is 1. The Kier molecular flexibility index (Phi) is 7.32. The summed E-state index contributed by atoms with van der Waals surface area (Å²) in [4.78, 5) is 26.6. The highest BCUT2D eigenvalue weighted by atomic mass is 79.9. The van der Waals surface area contributed by atoms with Crippen molar-refractivity contribution in [2.45, 2.75) is 39.2 Å². The molecular weight excluding hydrogens is 400 g/mol. The standard InChI is InChI=1S/C19H27BrN2O4/c1-12(2)9-17(23)22-7-5-14(6-8-22)21-19(24)13-10-15(25-3)18(20)16(11-13)26-4/h10-12,14H,5-9H2,1-4H3,(H,21,24). The van der Waals surface area contributed by atoms with Gasteiger partial charge in [0.2, 0.25) is 5.91 Å². The zero-order chi connectivity index (χ0) is 19.3. The van der Waals surface area contributed by atoms with Gasteiger partial charge in [0.25, 0.3) is 5.91 Å². The van der Waals surface area contributed by atoms with Crippen molar-refractivity contribution in [3.8, 4) is 11.5 Å². The van der Waals surface area contributed by atoms with Gasteiger partial charge in [-0.05, 0) is 46.8 Å². The van der Waals surface area contributed by atoms with Crippen molar-refractivity contribution in [1.82, 2.24) is 10.2 Å². The van der Waals surface area contributed by atoms with Crippen LogP contribution < -0.4 is 14.8 Å². The number of carbonyl (C=O) groups is 2. The molecule has 0 saturated carbocycles. The van der Waals surface area contributed by atoms with E-state index < -0.39 is 0 Å². The van der Waals surface area contributed by atoms with Gasteiger partial charge in [0.05, 0.1) is 14.2 Å². The number of methoxy groups -OCH3 is 2. The Labute approximate surface area is 163 Å². The van der Waals surface area contributed by atoms with Crippen molar-refractivity contribution < 1.29 is 19.1 Å². The Balaban J connectivity index is 1.96. The topological polar surface area (TPSA) is 67.9 Å². The second-order valence-electron chi connectivity index (χ2n) is 6.92. The van der Waals surface area contributed by atoms with Crippen LogP contribution >= 0.6 is 15.9 Å². The molecule has 1 N–H and O–H groups in total. The summed E-state index contributed by atoms with van der Waals surface area (Å²) in [6.07, 6.45) is 2.11. The van der Waals surface area contributed by atoms with Gasteiger partial charge in [-0.25, -0.2) is 0 Å². The smallest absolute Gasteiger partial charge is 0.251 e. The highest BCUT2D eigenvalue weighted by Gasteiger charge is 2.25. The molecule has 0 aromatic heterocycles. The Morgan fingerprint density at radius 1 is 1.19 bits per heavy atom. The molecule has 7 heteroatoms. The van der Waals surface area contributed by atoms with Crippen molar-refractivity contribution >= 4 is 27.7 Å². The Hall–Kier alpha value is -1.76. The molecule has 0 radical (unpaired) electrons. The molecule has 1 heterocycles. The number of rotatable bonds is 6. The van der Waals surface area contributed by atoms with E-state index in [4.69, 9.17) is 9.47 Å². The van der Waals surface area contributed by atoms with Gasteiger partial charge in [0.15, 0.2) is 0 Å². The van der Waals surface area contributed by atoms with E-state index in [-0.39, 0.29) is 17.9 Å². The highest BCUT2D eigenvalue weighted by molar-refractivity contribution is 9.10. The van der Waals surface area contributed by atoms with Crippen LogP contribution in [0, 0.1) is 5.92 Å². The summed E-state index contributed by atoms with van der Waals surface area (Å²) in [5, 5.41) is 3.05. The SMILES string of the molecule is COc1cc(C(=O)NC2CCN(C(=O)CC(C)C)CC2)cc(OC)c1Br. The molecule has 0 aliphatic carbocycles. The Morgan fingerprint density at radius 3 is 2.19 bits per heavy atom. The Morgan fingerprint density at radius 2 is 1.73 bits per heavy atom. The quantitative estimate of drug-likeness (QED) is 0.757. The maximum atomic E-state index is 12.6. The van der Waals surface area contributed by atoms with E-state index in [1.165, 1.54) is 0 Å². The minimum Gasteiger partial charge on any atom is -0.495 e. The third-order valence-electron chi connectivity index (χ3n) is 4.47. The lowest BCUT2D eigenvalue weighted by atomic mass is 10.0. The molecule has 1 aliphatic heterocycles.